The molecule has 1 unspecified atom stereocenters. The lowest BCUT2D eigenvalue weighted by Gasteiger charge is -2.19. The van der Waals surface area contributed by atoms with Gasteiger partial charge in [-0.15, -0.1) is 0 Å². The van der Waals surface area contributed by atoms with E-state index >= 15 is 0 Å². The lowest BCUT2D eigenvalue weighted by Crippen LogP contribution is -2.23. The van der Waals surface area contributed by atoms with Crippen LogP contribution in [0.2, 0.25) is 0 Å². The van der Waals surface area contributed by atoms with E-state index in [-0.39, 0.29) is 0 Å². The number of rotatable bonds is 6. The molecule has 0 spiro atoms. The number of hydrogen-bond donors (Lipinski definition) is 1. The largest absolute Gasteiger partial charge is 0.306 e. The van der Waals surface area contributed by atoms with Crippen molar-refractivity contribution in [2.24, 2.45) is 0 Å². The molecule has 22 heavy (non-hydrogen) atoms. The van der Waals surface area contributed by atoms with Crippen molar-refractivity contribution in [3.63, 3.8) is 0 Å². The lowest BCUT2D eigenvalue weighted by molar-refractivity contribution is 0.530. The van der Waals surface area contributed by atoms with E-state index in [9.17, 15) is 0 Å². The van der Waals surface area contributed by atoms with Gasteiger partial charge < -0.3 is 5.32 Å². The average molecular weight is 287 g/mol. The zero-order chi connectivity index (χ0) is 15.0. The summed E-state index contributed by atoms with van der Waals surface area (Å²) in [6, 6.07) is 32.2. The van der Waals surface area contributed by atoms with Crippen molar-refractivity contribution in [2.75, 3.05) is 0 Å². The molecule has 0 fully saturated rings. The van der Waals surface area contributed by atoms with Crippen molar-refractivity contribution in [3.05, 3.63) is 108 Å². The SMILES string of the molecule is c1ccc(CNC(Cc2ccccc2)c2ccccc2)cc1. The summed E-state index contributed by atoms with van der Waals surface area (Å²) in [5.41, 5.74) is 4.01. The molecule has 0 saturated carbocycles. The second-order valence-electron chi connectivity index (χ2n) is 5.52. The molecule has 1 N–H and O–H groups in total. The van der Waals surface area contributed by atoms with Gasteiger partial charge in [-0.25, -0.2) is 0 Å². The summed E-state index contributed by atoms with van der Waals surface area (Å²) in [7, 11) is 0. The molecule has 3 aromatic carbocycles. The van der Waals surface area contributed by atoms with E-state index in [0.29, 0.717) is 6.04 Å². The summed E-state index contributed by atoms with van der Waals surface area (Å²) >= 11 is 0. The molecule has 0 heterocycles. The molecule has 0 radical (unpaired) electrons. The Kier molecular flexibility index (Phi) is 5.01. The minimum Gasteiger partial charge on any atom is -0.306 e. The third-order valence-corrected chi connectivity index (χ3v) is 3.88. The Morgan fingerprint density at radius 1 is 0.591 bits per heavy atom. The van der Waals surface area contributed by atoms with Gasteiger partial charge in [0.25, 0.3) is 0 Å². The quantitative estimate of drug-likeness (QED) is 0.689. The highest BCUT2D eigenvalue weighted by molar-refractivity contribution is 5.24. The van der Waals surface area contributed by atoms with Gasteiger partial charge in [-0.05, 0) is 23.1 Å². The van der Waals surface area contributed by atoms with E-state index in [4.69, 9.17) is 0 Å². The molecular formula is C21H21N. The highest BCUT2D eigenvalue weighted by Gasteiger charge is 2.11. The molecule has 1 heteroatoms. The third kappa shape index (κ3) is 4.06. The fraction of sp³-hybridized carbons (Fsp3) is 0.143. The molecule has 0 aromatic heterocycles. The van der Waals surface area contributed by atoms with Crippen molar-refractivity contribution in [2.45, 2.75) is 19.0 Å². The molecule has 1 nitrogen and oxygen atoms in total. The second kappa shape index (κ2) is 7.58. The van der Waals surface area contributed by atoms with E-state index in [0.717, 1.165) is 13.0 Å². The first kappa shape index (κ1) is 14.6. The Morgan fingerprint density at radius 3 is 1.68 bits per heavy atom. The summed E-state index contributed by atoms with van der Waals surface area (Å²) in [5.74, 6) is 0. The maximum Gasteiger partial charge on any atom is 0.0363 e. The maximum atomic E-state index is 3.70. The summed E-state index contributed by atoms with van der Waals surface area (Å²) < 4.78 is 0. The van der Waals surface area contributed by atoms with Crippen LogP contribution in [0, 0.1) is 0 Å². The summed E-state index contributed by atoms with van der Waals surface area (Å²) in [4.78, 5) is 0. The van der Waals surface area contributed by atoms with Crippen LogP contribution in [0.25, 0.3) is 0 Å². The first-order valence-electron chi connectivity index (χ1n) is 7.78. The van der Waals surface area contributed by atoms with Gasteiger partial charge >= 0.3 is 0 Å². The fourth-order valence-corrected chi connectivity index (χ4v) is 2.68. The minimum absolute atomic E-state index is 0.323. The average Bonchev–Trinajstić information content (AvgIpc) is 2.61. The van der Waals surface area contributed by atoms with Gasteiger partial charge in [-0.3, -0.25) is 0 Å². The highest BCUT2D eigenvalue weighted by Crippen LogP contribution is 2.19. The summed E-state index contributed by atoms with van der Waals surface area (Å²) in [5, 5.41) is 3.70. The number of nitrogens with one attached hydrogen (secondary N) is 1. The van der Waals surface area contributed by atoms with Gasteiger partial charge in [-0.1, -0.05) is 91.0 Å². The van der Waals surface area contributed by atoms with Gasteiger partial charge in [0.2, 0.25) is 0 Å². The lowest BCUT2D eigenvalue weighted by atomic mass is 9.98. The molecule has 3 rings (SSSR count). The molecule has 0 amide bonds. The van der Waals surface area contributed by atoms with Crippen LogP contribution in [0.15, 0.2) is 91.0 Å². The maximum absolute atomic E-state index is 3.70. The predicted molar refractivity (Wildman–Crippen MR) is 92.6 cm³/mol. The van der Waals surface area contributed by atoms with Crippen LogP contribution in [0.4, 0.5) is 0 Å². The zero-order valence-corrected chi connectivity index (χ0v) is 12.7. The minimum atomic E-state index is 0.323. The van der Waals surface area contributed by atoms with Crippen molar-refractivity contribution < 1.29 is 0 Å². The highest BCUT2D eigenvalue weighted by atomic mass is 14.9. The van der Waals surface area contributed by atoms with Crippen molar-refractivity contribution in [1.29, 1.82) is 0 Å². The van der Waals surface area contributed by atoms with Crippen LogP contribution in [0.3, 0.4) is 0 Å². The van der Waals surface area contributed by atoms with Gasteiger partial charge in [0.05, 0.1) is 0 Å². The fourth-order valence-electron chi connectivity index (χ4n) is 2.68. The first-order chi connectivity index (χ1) is 10.9. The smallest absolute Gasteiger partial charge is 0.0363 e. The molecule has 3 aromatic rings. The van der Waals surface area contributed by atoms with Crippen LogP contribution in [-0.4, -0.2) is 0 Å². The van der Waals surface area contributed by atoms with Crippen LogP contribution < -0.4 is 5.32 Å². The Bertz CT molecular complexity index is 662. The Labute approximate surface area is 132 Å². The molecule has 0 aliphatic heterocycles. The van der Waals surface area contributed by atoms with Gasteiger partial charge in [-0.2, -0.15) is 0 Å². The van der Waals surface area contributed by atoms with E-state index in [2.05, 4.69) is 96.3 Å². The zero-order valence-electron chi connectivity index (χ0n) is 12.7. The van der Waals surface area contributed by atoms with Crippen LogP contribution in [0.5, 0.6) is 0 Å². The van der Waals surface area contributed by atoms with Crippen molar-refractivity contribution >= 4 is 0 Å². The normalized spacial score (nSPS) is 12.0. The number of benzene rings is 3. The Balaban J connectivity index is 1.74. The van der Waals surface area contributed by atoms with E-state index in [1.165, 1.54) is 16.7 Å². The topological polar surface area (TPSA) is 12.0 Å². The van der Waals surface area contributed by atoms with Crippen LogP contribution >= 0.6 is 0 Å². The first-order valence-corrected chi connectivity index (χ1v) is 7.78. The molecular weight excluding hydrogens is 266 g/mol. The molecule has 1 atom stereocenters. The summed E-state index contributed by atoms with van der Waals surface area (Å²) in [6.45, 7) is 0.882. The van der Waals surface area contributed by atoms with E-state index in [1.807, 2.05) is 0 Å². The molecule has 0 aliphatic rings. The van der Waals surface area contributed by atoms with Crippen LogP contribution in [0.1, 0.15) is 22.7 Å². The third-order valence-electron chi connectivity index (χ3n) is 3.88. The number of hydrogen-bond acceptors (Lipinski definition) is 1. The molecule has 0 aliphatic carbocycles. The van der Waals surface area contributed by atoms with Gasteiger partial charge in [0.1, 0.15) is 0 Å². The molecule has 0 bridgehead atoms. The Hall–Kier alpha value is -2.38. The molecule has 0 saturated heterocycles. The predicted octanol–water partition coefficient (Wildman–Crippen LogP) is 4.76. The van der Waals surface area contributed by atoms with E-state index < -0.39 is 0 Å². The van der Waals surface area contributed by atoms with Gasteiger partial charge in [0, 0.05) is 12.6 Å². The summed E-state index contributed by atoms with van der Waals surface area (Å²) in [6.07, 6.45) is 0.998. The van der Waals surface area contributed by atoms with Crippen LogP contribution in [-0.2, 0) is 13.0 Å². The van der Waals surface area contributed by atoms with Crippen molar-refractivity contribution in [1.82, 2.24) is 5.32 Å². The van der Waals surface area contributed by atoms with E-state index in [1.54, 1.807) is 0 Å². The standard InChI is InChI=1S/C21H21N/c1-4-10-18(11-5-1)16-21(20-14-8-3-9-15-20)22-17-19-12-6-2-7-13-19/h1-15,21-22H,16-17H2. The van der Waals surface area contributed by atoms with Gasteiger partial charge in [0.15, 0.2) is 0 Å². The monoisotopic (exact) mass is 287 g/mol. The van der Waals surface area contributed by atoms with Crippen molar-refractivity contribution in [3.8, 4) is 0 Å². The Morgan fingerprint density at radius 2 is 1.09 bits per heavy atom. The second-order valence-corrected chi connectivity index (χ2v) is 5.52. The molecule has 110 valence electrons.